The summed E-state index contributed by atoms with van der Waals surface area (Å²) >= 11 is 0. The van der Waals surface area contributed by atoms with Gasteiger partial charge >= 0.3 is 0 Å². The fourth-order valence-electron chi connectivity index (χ4n) is 6.03. The highest BCUT2D eigenvalue weighted by molar-refractivity contribution is 6.51. The molecule has 1 atom stereocenters. The summed E-state index contributed by atoms with van der Waals surface area (Å²) in [5.74, 6) is 2.32. The van der Waals surface area contributed by atoms with Gasteiger partial charge in [-0.15, -0.1) is 0 Å². The third-order valence-electron chi connectivity index (χ3n) is 8.38. The minimum absolute atomic E-state index is 0.0597. The van der Waals surface area contributed by atoms with Crippen LogP contribution in [0.5, 0.6) is 0 Å². The summed E-state index contributed by atoms with van der Waals surface area (Å²) in [6.07, 6.45) is 0. The van der Waals surface area contributed by atoms with E-state index < -0.39 is 0 Å². The molecule has 2 aliphatic heterocycles. The van der Waals surface area contributed by atoms with Crippen molar-refractivity contribution in [2.45, 2.75) is 53.0 Å². The average Bonchev–Trinajstić information content (AvgIpc) is 3.34. The number of fused-ring (bicyclic) bond motifs is 4. The molecule has 0 spiro atoms. The third-order valence-corrected chi connectivity index (χ3v) is 8.38. The molecule has 3 heterocycles. The van der Waals surface area contributed by atoms with Crippen molar-refractivity contribution in [1.82, 2.24) is 9.78 Å². The van der Waals surface area contributed by atoms with Crippen LogP contribution in [0.25, 0.3) is 5.69 Å². The fourth-order valence-corrected chi connectivity index (χ4v) is 6.03. The molecule has 0 amide bonds. The van der Waals surface area contributed by atoms with E-state index in [2.05, 4.69) is 125 Å². The van der Waals surface area contributed by atoms with E-state index in [4.69, 9.17) is 15.1 Å². The Kier molecular flexibility index (Phi) is 6.31. The Bertz CT molecular complexity index is 1910. The van der Waals surface area contributed by atoms with Gasteiger partial charge in [-0.1, -0.05) is 87.5 Å². The van der Waals surface area contributed by atoms with Gasteiger partial charge in [-0.05, 0) is 78.8 Å². The second kappa shape index (κ2) is 10.1. The van der Waals surface area contributed by atoms with Crippen molar-refractivity contribution in [2.24, 2.45) is 9.98 Å². The first-order valence-corrected chi connectivity index (χ1v) is 14.8. The maximum atomic E-state index is 5.38. The molecule has 6 heteroatoms. The number of aliphatic imine (C=N–C) groups is 2. The van der Waals surface area contributed by atoms with Crippen LogP contribution >= 0.6 is 0 Å². The van der Waals surface area contributed by atoms with Crippen LogP contribution in [0.15, 0.2) is 107 Å². The first kappa shape index (κ1) is 26.9. The van der Waals surface area contributed by atoms with Gasteiger partial charge in [-0.3, -0.25) is 0 Å². The first-order chi connectivity index (χ1) is 20.7. The van der Waals surface area contributed by atoms with E-state index in [1.165, 1.54) is 16.7 Å². The quantitative estimate of drug-likeness (QED) is 0.238. The molecule has 0 saturated heterocycles. The number of anilines is 2. The maximum Gasteiger partial charge on any atom is 0.179 e. The molecule has 2 aliphatic rings. The lowest BCUT2D eigenvalue weighted by Crippen LogP contribution is -2.46. The average molecular weight is 565 g/mol. The molecule has 0 fully saturated rings. The van der Waals surface area contributed by atoms with Crippen LogP contribution in [0.2, 0.25) is 0 Å². The number of nitrogens with one attached hydrogen (secondary N) is 1. The van der Waals surface area contributed by atoms with Crippen molar-refractivity contribution in [3.63, 3.8) is 0 Å². The van der Waals surface area contributed by atoms with E-state index in [1.807, 2.05) is 28.9 Å². The zero-order valence-corrected chi connectivity index (χ0v) is 25.6. The van der Waals surface area contributed by atoms with Crippen molar-refractivity contribution >= 4 is 34.6 Å². The number of aromatic nitrogens is 2. The number of nitrogens with zero attached hydrogens (tertiary/aromatic N) is 5. The van der Waals surface area contributed by atoms with Crippen molar-refractivity contribution in [2.75, 3.05) is 10.2 Å². The van der Waals surface area contributed by atoms with Crippen LogP contribution in [-0.4, -0.2) is 21.5 Å². The predicted molar refractivity (Wildman–Crippen MR) is 178 cm³/mol. The second-order valence-electron chi connectivity index (χ2n) is 12.5. The van der Waals surface area contributed by atoms with Gasteiger partial charge in [0.2, 0.25) is 0 Å². The van der Waals surface area contributed by atoms with Crippen molar-refractivity contribution in [3.8, 4) is 5.69 Å². The number of aryl methyl sites for hydroxylation is 3. The third kappa shape index (κ3) is 4.63. The molecule has 214 valence electrons. The second-order valence-corrected chi connectivity index (χ2v) is 12.5. The summed E-state index contributed by atoms with van der Waals surface area (Å²) < 4.78 is 1.97. The number of rotatable bonds is 3. The zero-order valence-electron chi connectivity index (χ0n) is 25.6. The normalized spacial score (nSPS) is 15.7. The standard InChI is InChI=1S/C37H36N6/c1-23-16-17-24(2)30(22-23)39-34-36-40-35-32(25(3)41-43(35)28-12-8-7-9-13-28)33(26-18-20-27(21-19-26)37(4,5)6)42(36)31-15-11-10-14-29(31)38-34/h7-22,33H,1-6H3,(H,38,39). The molecule has 1 N–H and O–H groups in total. The molecule has 0 bridgehead atoms. The molecular formula is C37H36N6. The lowest BCUT2D eigenvalue weighted by molar-refractivity contribution is 0.589. The number of hydrogen-bond donors (Lipinski definition) is 1. The van der Waals surface area contributed by atoms with Gasteiger partial charge in [0.05, 0.1) is 28.8 Å². The smallest absolute Gasteiger partial charge is 0.179 e. The van der Waals surface area contributed by atoms with Crippen LogP contribution in [0.1, 0.15) is 60.3 Å². The van der Waals surface area contributed by atoms with E-state index in [-0.39, 0.29) is 11.5 Å². The molecule has 5 aromatic rings. The van der Waals surface area contributed by atoms with Gasteiger partial charge in [0.15, 0.2) is 17.5 Å². The molecule has 1 aromatic heterocycles. The SMILES string of the molecule is Cc1ccc(C)c(NC2=Nc3ccccc3N3C2=Nc2c(c(C)nn2-c2ccccc2)C3c2ccc(C(C)(C)C)cc2)c1. The number of benzene rings is 4. The molecule has 0 saturated carbocycles. The fraction of sp³-hybridized carbons (Fsp3) is 0.216. The van der Waals surface area contributed by atoms with Crippen molar-refractivity contribution in [1.29, 1.82) is 0 Å². The minimum Gasteiger partial charge on any atom is -0.337 e. The van der Waals surface area contributed by atoms with E-state index in [1.54, 1.807) is 0 Å². The molecule has 43 heavy (non-hydrogen) atoms. The predicted octanol–water partition coefficient (Wildman–Crippen LogP) is 8.89. The lowest BCUT2D eigenvalue weighted by atomic mass is 9.85. The Morgan fingerprint density at radius 1 is 0.767 bits per heavy atom. The van der Waals surface area contributed by atoms with Crippen LogP contribution in [0.4, 0.5) is 22.9 Å². The number of amidine groups is 2. The van der Waals surface area contributed by atoms with Crippen LogP contribution in [0.3, 0.4) is 0 Å². The van der Waals surface area contributed by atoms with Crippen LogP contribution < -0.4 is 10.2 Å². The topological polar surface area (TPSA) is 57.8 Å². The van der Waals surface area contributed by atoms with Crippen LogP contribution in [-0.2, 0) is 5.41 Å². The molecule has 7 rings (SSSR count). The molecule has 0 radical (unpaired) electrons. The summed E-state index contributed by atoms with van der Waals surface area (Å²) in [4.78, 5) is 12.9. The van der Waals surface area contributed by atoms with Gasteiger partial charge in [-0.25, -0.2) is 14.7 Å². The van der Waals surface area contributed by atoms with Gasteiger partial charge in [0.1, 0.15) is 0 Å². The van der Waals surface area contributed by atoms with E-state index >= 15 is 0 Å². The van der Waals surface area contributed by atoms with Crippen molar-refractivity contribution < 1.29 is 0 Å². The summed E-state index contributed by atoms with van der Waals surface area (Å²) in [7, 11) is 0. The molecule has 4 aromatic carbocycles. The van der Waals surface area contributed by atoms with Gasteiger partial charge in [0.25, 0.3) is 0 Å². The summed E-state index contributed by atoms with van der Waals surface area (Å²) in [6.45, 7) is 13.1. The van der Waals surface area contributed by atoms with Crippen molar-refractivity contribution in [3.05, 3.63) is 131 Å². The molecule has 1 unspecified atom stereocenters. The number of hydrogen-bond acceptors (Lipinski definition) is 5. The van der Waals surface area contributed by atoms with E-state index in [0.717, 1.165) is 51.2 Å². The lowest BCUT2D eigenvalue weighted by Gasteiger charge is -2.40. The van der Waals surface area contributed by atoms with Gasteiger partial charge in [-0.2, -0.15) is 5.10 Å². The Balaban J connectivity index is 1.48. The minimum atomic E-state index is -0.152. The molecule has 6 nitrogen and oxygen atoms in total. The molecule has 0 aliphatic carbocycles. The monoisotopic (exact) mass is 564 g/mol. The Labute approximate surface area is 253 Å². The largest absolute Gasteiger partial charge is 0.337 e. The van der Waals surface area contributed by atoms with Gasteiger partial charge < -0.3 is 10.2 Å². The summed E-state index contributed by atoms with van der Waals surface area (Å²) in [5.41, 5.74) is 10.8. The summed E-state index contributed by atoms with van der Waals surface area (Å²) in [5, 5.41) is 8.74. The van der Waals surface area contributed by atoms with Crippen LogP contribution in [0, 0.1) is 20.8 Å². The van der Waals surface area contributed by atoms with E-state index in [0.29, 0.717) is 5.84 Å². The first-order valence-electron chi connectivity index (χ1n) is 14.8. The number of para-hydroxylation sites is 3. The highest BCUT2D eigenvalue weighted by Gasteiger charge is 2.41. The highest BCUT2D eigenvalue weighted by atomic mass is 15.4. The Morgan fingerprint density at radius 3 is 2.23 bits per heavy atom. The van der Waals surface area contributed by atoms with Gasteiger partial charge in [0, 0.05) is 11.3 Å². The Hall–Kier alpha value is -4.97. The van der Waals surface area contributed by atoms with E-state index in [9.17, 15) is 0 Å². The highest BCUT2D eigenvalue weighted by Crippen LogP contribution is 2.48. The summed E-state index contributed by atoms with van der Waals surface area (Å²) in [6, 6.07) is 33.9. The Morgan fingerprint density at radius 2 is 1.49 bits per heavy atom. The zero-order chi connectivity index (χ0) is 29.9. The maximum absolute atomic E-state index is 5.38. The molecular weight excluding hydrogens is 528 g/mol.